The first-order chi connectivity index (χ1) is 9.46. The molecule has 1 aromatic carbocycles. The molecule has 5 nitrogen and oxygen atoms in total. The van der Waals surface area contributed by atoms with E-state index < -0.39 is 15.8 Å². The second-order valence-corrected chi connectivity index (χ2v) is 7.25. The first-order valence-corrected chi connectivity index (χ1v) is 8.40. The number of nitrogens with one attached hydrogen (secondary N) is 1. The molecule has 1 saturated heterocycles. The molecule has 0 aliphatic carbocycles. The Morgan fingerprint density at radius 3 is 2.65 bits per heavy atom. The van der Waals surface area contributed by atoms with Gasteiger partial charge in [0.15, 0.2) is 0 Å². The third-order valence-corrected chi connectivity index (χ3v) is 5.39. The first kappa shape index (κ1) is 15.8. The Balaban J connectivity index is 2.45. The zero-order chi connectivity index (χ0) is 14.8. The van der Waals surface area contributed by atoms with Gasteiger partial charge in [0.05, 0.1) is 13.2 Å². The van der Waals surface area contributed by atoms with Crippen LogP contribution in [0.1, 0.15) is 5.56 Å². The van der Waals surface area contributed by atoms with Gasteiger partial charge in [0.1, 0.15) is 10.7 Å². The summed E-state index contributed by atoms with van der Waals surface area (Å²) in [5, 5.41) is 2.82. The Morgan fingerprint density at radius 1 is 1.40 bits per heavy atom. The maximum Gasteiger partial charge on any atom is 0.246 e. The second kappa shape index (κ2) is 6.48. The van der Waals surface area contributed by atoms with Crippen molar-refractivity contribution < 1.29 is 17.5 Å². The first-order valence-electron chi connectivity index (χ1n) is 6.17. The molecule has 0 unspecified atom stereocenters. The van der Waals surface area contributed by atoms with Gasteiger partial charge >= 0.3 is 0 Å². The van der Waals surface area contributed by atoms with Crippen molar-refractivity contribution in [3.05, 3.63) is 28.0 Å². The quantitative estimate of drug-likeness (QED) is 0.873. The fourth-order valence-corrected chi connectivity index (χ4v) is 4.25. The summed E-state index contributed by atoms with van der Waals surface area (Å²) in [6.45, 7) is 1.42. The lowest BCUT2D eigenvalue weighted by molar-refractivity contribution is 0.0729. The SMILES string of the molecule is CNCc1cc(Br)cc(S(=O)(=O)N2CCOCC2)c1F. The minimum absolute atomic E-state index is 0.246. The summed E-state index contributed by atoms with van der Waals surface area (Å²) in [7, 11) is -2.16. The Kier molecular flexibility index (Phi) is 5.14. The molecular weight excluding hydrogens is 351 g/mol. The largest absolute Gasteiger partial charge is 0.379 e. The predicted octanol–water partition coefficient (Wildman–Crippen LogP) is 1.33. The van der Waals surface area contributed by atoms with Crippen molar-refractivity contribution in [1.82, 2.24) is 9.62 Å². The highest BCUT2D eigenvalue weighted by atomic mass is 79.9. The van der Waals surface area contributed by atoms with Crippen LogP contribution in [0.5, 0.6) is 0 Å². The number of rotatable bonds is 4. The van der Waals surface area contributed by atoms with Crippen LogP contribution in [0.25, 0.3) is 0 Å². The van der Waals surface area contributed by atoms with Gasteiger partial charge in [0.2, 0.25) is 10.0 Å². The van der Waals surface area contributed by atoms with Gasteiger partial charge in [-0.05, 0) is 19.2 Å². The van der Waals surface area contributed by atoms with Gasteiger partial charge in [-0.3, -0.25) is 0 Å². The van der Waals surface area contributed by atoms with E-state index in [4.69, 9.17) is 4.74 Å². The van der Waals surface area contributed by atoms with Gasteiger partial charge in [-0.2, -0.15) is 4.31 Å². The van der Waals surface area contributed by atoms with Crippen LogP contribution in [0.15, 0.2) is 21.5 Å². The monoisotopic (exact) mass is 366 g/mol. The number of hydrogen-bond acceptors (Lipinski definition) is 4. The molecule has 1 fully saturated rings. The van der Waals surface area contributed by atoms with Gasteiger partial charge < -0.3 is 10.1 Å². The number of hydrogen-bond donors (Lipinski definition) is 1. The standard InChI is InChI=1S/C12H16BrFN2O3S/c1-15-8-9-6-10(13)7-11(12(9)14)20(17,18)16-2-4-19-5-3-16/h6-7,15H,2-5,8H2,1H3. The molecule has 20 heavy (non-hydrogen) atoms. The lowest BCUT2D eigenvalue weighted by atomic mass is 10.2. The Hall–Kier alpha value is -0.540. The van der Waals surface area contributed by atoms with Gasteiger partial charge in [0.25, 0.3) is 0 Å². The molecule has 2 rings (SSSR count). The number of ether oxygens (including phenoxy) is 1. The fourth-order valence-electron chi connectivity index (χ4n) is 2.05. The predicted molar refractivity (Wildman–Crippen MR) is 76.4 cm³/mol. The summed E-state index contributed by atoms with van der Waals surface area (Å²) < 4.78 is 46.3. The molecule has 1 aromatic rings. The number of sulfonamides is 1. The summed E-state index contributed by atoms with van der Waals surface area (Å²) in [4.78, 5) is -0.293. The van der Waals surface area contributed by atoms with Crippen LogP contribution >= 0.6 is 15.9 Å². The van der Waals surface area contributed by atoms with E-state index in [9.17, 15) is 12.8 Å². The summed E-state index contributed by atoms with van der Waals surface area (Å²) in [6, 6.07) is 2.88. The van der Waals surface area contributed by atoms with Crippen molar-refractivity contribution in [1.29, 1.82) is 0 Å². The van der Waals surface area contributed by atoms with Crippen LogP contribution in [-0.4, -0.2) is 46.1 Å². The van der Waals surface area contributed by atoms with Crippen molar-refractivity contribution in [2.45, 2.75) is 11.4 Å². The Labute approximate surface area is 126 Å². The molecule has 1 aliphatic rings. The number of benzene rings is 1. The van der Waals surface area contributed by atoms with Crippen molar-refractivity contribution in [2.24, 2.45) is 0 Å². The highest BCUT2D eigenvalue weighted by molar-refractivity contribution is 9.10. The maximum atomic E-state index is 14.4. The molecule has 0 aromatic heterocycles. The minimum atomic E-state index is -3.84. The fraction of sp³-hybridized carbons (Fsp3) is 0.500. The van der Waals surface area contributed by atoms with Crippen molar-refractivity contribution in [2.75, 3.05) is 33.4 Å². The summed E-state index contributed by atoms with van der Waals surface area (Å²) in [6.07, 6.45) is 0. The van der Waals surface area contributed by atoms with E-state index in [1.807, 2.05) is 0 Å². The van der Waals surface area contributed by atoms with Crippen LogP contribution in [0.2, 0.25) is 0 Å². The molecule has 0 spiro atoms. The van der Waals surface area contributed by atoms with Crippen LogP contribution in [0, 0.1) is 5.82 Å². The van der Waals surface area contributed by atoms with Crippen LogP contribution < -0.4 is 5.32 Å². The van der Waals surface area contributed by atoms with Crippen molar-refractivity contribution in [3.63, 3.8) is 0 Å². The zero-order valence-corrected chi connectivity index (χ0v) is 13.4. The van der Waals surface area contributed by atoms with E-state index in [-0.39, 0.29) is 24.5 Å². The average molecular weight is 367 g/mol. The van der Waals surface area contributed by atoms with Crippen LogP contribution in [0.3, 0.4) is 0 Å². The molecule has 0 amide bonds. The topological polar surface area (TPSA) is 58.6 Å². The summed E-state index contributed by atoms with van der Waals surface area (Å²) in [5.74, 6) is -0.700. The van der Waals surface area contributed by atoms with Gasteiger partial charge in [0, 0.05) is 29.7 Å². The second-order valence-electron chi connectivity index (χ2n) is 4.42. The normalized spacial score (nSPS) is 17.4. The van der Waals surface area contributed by atoms with Crippen LogP contribution in [0.4, 0.5) is 4.39 Å². The molecule has 0 bridgehead atoms. The highest BCUT2D eigenvalue weighted by Gasteiger charge is 2.30. The molecule has 0 radical (unpaired) electrons. The number of halogens is 2. The van der Waals surface area contributed by atoms with Gasteiger partial charge in [-0.15, -0.1) is 0 Å². The van der Waals surface area contributed by atoms with E-state index in [0.29, 0.717) is 23.2 Å². The van der Waals surface area contributed by atoms with E-state index >= 15 is 0 Å². The van der Waals surface area contributed by atoms with E-state index in [2.05, 4.69) is 21.2 Å². The molecule has 1 aliphatic heterocycles. The lowest BCUT2D eigenvalue weighted by Crippen LogP contribution is -2.41. The Bertz CT molecular complexity index is 589. The molecule has 1 heterocycles. The third-order valence-electron chi connectivity index (χ3n) is 3.03. The summed E-state index contributed by atoms with van der Waals surface area (Å²) >= 11 is 3.23. The zero-order valence-electron chi connectivity index (χ0n) is 11.0. The lowest BCUT2D eigenvalue weighted by Gasteiger charge is -2.26. The van der Waals surface area contributed by atoms with Gasteiger partial charge in [-0.1, -0.05) is 15.9 Å². The molecule has 0 atom stereocenters. The summed E-state index contributed by atoms with van der Waals surface area (Å²) in [5.41, 5.74) is 0.314. The minimum Gasteiger partial charge on any atom is -0.379 e. The smallest absolute Gasteiger partial charge is 0.246 e. The molecule has 8 heteroatoms. The van der Waals surface area contributed by atoms with Crippen LogP contribution in [-0.2, 0) is 21.3 Å². The van der Waals surface area contributed by atoms with E-state index in [1.54, 1.807) is 13.1 Å². The van der Waals surface area contributed by atoms with E-state index in [0.717, 1.165) is 0 Å². The average Bonchev–Trinajstić information content (AvgIpc) is 2.43. The number of morpholine rings is 1. The maximum absolute atomic E-state index is 14.4. The number of nitrogens with zero attached hydrogens (tertiary/aromatic N) is 1. The molecule has 112 valence electrons. The third kappa shape index (κ3) is 3.20. The molecular formula is C12H16BrFN2O3S. The van der Waals surface area contributed by atoms with Crippen molar-refractivity contribution in [3.8, 4) is 0 Å². The molecule has 0 saturated carbocycles. The van der Waals surface area contributed by atoms with Crippen molar-refractivity contribution >= 4 is 26.0 Å². The molecule has 1 N–H and O–H groups in total. The Morgan fingerprint density at radius 2 is 2.05 bits per heavy atom. The highest BCUT2D eigenvalue weighted by Crippen LogP contribution is 2.27. The van der Waals surface area contributed by atoms with E-state index in [1.165, 1.54) is 10.4 Å². The van der Waals surface area contributed by atoms with Gasteiger partial charge in [-0.25, -0.2) is 12.8 Å².